The van der Waals surface area contributed by atoms with Gasteiger partial charge in [0.2, 0.25) is 11.9 Å². The number of imidazole rings is 1. The van der Waals surface area contributed by atoms with Crippen LogP contribution >= 0.6 is 0 Å². The van der Waals surface area contributed by atoms with E-state index in [2.05, 4.69) is 54.1 Å². The third-order valence-corrected chi connectivity index (χ3v) is 10.6. The van der Waals surface area contributed by atoms with Crippen LogP contribution in [0.5, 0.6) is 0 Å². The molecule has 2 aromatic heterocycles. The molecule has 3 N–H and O–H groups in total. The average Bonchev–Trinajstić information content (AvgIpc) is 3.22. The van der Waals surface area contributed by atoms with E-state index in [0.717, 1.165) is 0 Å². The summed E-state index contributed by atoms with van der Waals surface area (Å²) in [4.78, 5) is 35.4. The van der Waals surface area contributed by atoms with Gasteiger partial charge in [-0.15, -0.1) is 0 Å². The molecule has 0 saturated carbocycles. The molecule has 0 aromatic carbocycles. The lowest BCUT2D eigenvalue weighted by Gasteiger charge is -2.37. The number of anilines is 1. The number of nitrogens with zero attached hydrogens (tertiary/aromatic N) is 3. The molecule has 0 spiro atoms. The molecular weight excluding hydrogens is 418 g/mol. The molecule has 31 heavy (non-hydrogen) atoms. The van der Waals surface area contributed by atoms with Gasteiger partial charge in [0.1, 0.15) is 12.3 Å². The molecule has 0 radical (unpaired) electrons. The molecule has 3 atom stereocenters. The second kappa shape index (κ2) is 8.45. The summed E-state index contributed by atoms with van der Waals surface area (Å²) in [5, 5.41) is 13.2. The molecule has 3 rings (SSSR count). The Morgan fingerprint density at radius 2 is 2.13 bits per heavy atom. The summed E-state index contributed by atoms with van der Waals surface area (Å²) in [6.07, 6.45) is 0.0400. The SMILES string of the molecule is CC(C)C(=O)Nc1nc2c(ncn2C2CC(O)C(CO[Si](C)(C)C(C)(C)C)O2)c(=O)[nH]1. The monoisotopic (exact) mass is 451 g/mol. The standard InChI is InChI=1S/C20H33N5O5Si/c1-11(2)17(27)23-19-22-16-15(18(28)24-19)21-10-25(16)14-8-12(26)13(30-14)9-29-31(6,7)20(3,4)5/h10-14,26H,8-9H2,1-7H3,(H2,22,23,24,27,28). The number of hydrogen-bond donors (Lipinski definition) is 3. The number of rotatable bonds is 6. The predicted octanol–water partition coefficient (Wildman–Crippen LogP) is 2.38. The van der Waals surface area contributed by atoms with Crippen LogP contribution in [0.25, 0.3) is 11.2 Å². The van der Waals surface area contributed by atoms with Crippen molar-refractivity contribution in [1.82, 2.24) is 19.5 Å². The first-order chi connectivity index (χ1) is 14.3. The first-order valence-electron chi connectivity index (χ1n) is 10.6. The Labute approximate surface area is 182 Å². The zero-order valence-electron chi connectivity index (χ0n) is 19.2. The van der Waals surface area contributed by atoms with Crippen LogP contribution in [0, 0.1) is 5.92 Å². The van der Waals surface area contributed by atoms with Gasteiger partial charge in [0, 0.05) is 12.3 Å². The van der Waals surface area contributed by atoms with Gasteiger partial charge in [0.15, 0.2) is 19.5 Å². The number of fused-ring (bicyclic) bond motifs is 1. The topological polar surface area (TPSA) is 131 Å². The summed E-state index contributed by atoms with van der Waals surface area (Å²) in [5.41, 5.74) is -0.0354. The second-order valence-corrected chi connectivity index (χ2v) is 14.7. The molecule has 1 aliphatic heterocycles. The number of amides is 1. The number of aromatic nitrogens is 4. The number of aliphatic hydroxyl groups excluding tert-OH is 1. The van der Waals surface area contributed by atoms with Crippen molar-refractivity contribution in [2.24, 2.45) is 5.92 Å². The van der Waals surface area contributed by atoms with Gasteiger partial charge in [0.05, 0.1) is 19.0 Å². The highest BCUT2D eigenvalue weighted by Crippen LogP contribution is 2.38. The molecular formula is C20H33N5O5Si. The van der Waals surface area contributed by atoms with E-state index in [1.165, 1.54) is 6.33 Å². The van der Waals surface area contributed by atoms with Gasteiger partial charge in [0.25, 0.3) is 5.56 Å². The number of nitrogens with one attached hydrogen (secondary N) is 2. The van der Waals surface area contributed by atoms with Crippen LogP contribution in [0.1, 0.15) is 47.3 Å². The van der Waals surface area contributed by atoms with Crippen LogP contribution in [0.4, 0.5) is 5.95 Å². The zero-order chi connectivity index (χ0) is 23.1. The summed E-state index contributed by atoms with van der Waals surface area (Å²) < 4.78 is 13.9. The lowest BCUT2D eigenvalue weighted by Crippen LogP contribution is -2.43. The van der Waals surface area contributed by atoms with Gasteiger partial charge >= 0.3 is 0 Å². The Kier molecular flexibility index (Phi) is 6.43. The summed E-state index contributed by atoms with van der Waals surface area (Å²) >= 11 is 0. The Bertz CT molecular complexity index is 1010. The van der Waals surface area contributed by atoms with Crippen LogP contribution in [-0.4, -0.2) is 57.7 Å². The summed E-state index contributed by atoms with van der Waals surface area (Å²) in [5.74, 6) is -0.473. The Hall–Kier alpha value is -2.08. The Balaban J connectivity index is 1.80. The Morgan fingerprint density at radius 3 is 2.74 bits per heavy atom. The number of H-pyrrole nitrogens is 1. The minimum Gasteiger partial charge on any atom is -0.414 e. The second-order valence-electron chi connectivity index (χ2n) is 9.89. The molecule has 0 bridgehead atoms. The summed E-state index contributed by atoms with van der Waals surface area (Å²) in [6.45, 7) is 14.6. The summed E-state index contributed by atoms with van der Waals surface area (Å²) in [6, 6.07) is 0. The third-order valence-electron chi connectivity index (χ3n) is 6.13. The van der Waals surface area contributed by atoms with Crippen LogP contribution in [0.15, 0.2) is 11.1 Å². The van der Waals surface area contributed by atoms with Crippen molar-refractivity contribution in [3.05, 3.63) is 16.7 Å². The molecule has 2 aromatic rings. The molecule has 3 heterocycles. The van der Waals surface area contributed by atoms with Crippen LogP contribution in [0.2, 0.25) is 18.1 Å². The smallest absolute Gasteiger partial charge is 0.280 e. The predicted molar refractivity (Wildman–Crippen MR) is 119 cm³/mol. The fourth-order valence-corrected chi connectivity index (χ4v) is 4.01. The van der Waals surface area contributed by atoms with Crippen molar-refractivity contribution in [2.75, 3.05) is 11.9 Å². The molecule has 1 saturated heterocycles. The van der Waals surface area contributed by atoms with Gasteiger partial charge in [-0.2, -0.15) is 4.98 Å². The average molecular weight is 452 g/mol. The van der Waals surface area contributed by atoms with E-state index >= 15 is 0 Å². The van der Waals surface area contributed by atoms with E-state index in [1.807, 2.05) is 0 Å². The molecule has 1 fully saturated rings. The molecule has 1 aliphatic rings. The van der Waals surface area contributed by atoms with E-state index in [1.54, 1.807) is 18.4 Å². The minimum absolute atomic E-state index is 0.0503. The van der Waals surface area contributed by atoms with Crippen molar-refractivity contribution in [3.63, 3.8) is 0 Å². The highest BCUT2D eigenvalue weighted by Gasteiger charge is 2.41. The maximum atomic E-state index is 12.4. The summed E-state index contributed by atoms with van der Waals surface area (Å²) in [7, 11) is -1.98. The van der Waals surface area contributed by atoms with Crippen molar-refractivity contribution < 1.29 is 19.1 Å². The fourth-order valence-electron chi connectivity index (χ4n) is 3.00. The van der Waals surface area contributed by atoms with Gasteiger partial charge in [-0.3, -0.25) is 24.5 Å². The quantitative estimate of drug-likeness (QED) is 0.575. The van der Waals surface area contributed by atoms with Crippen molar-refractivity contribution in [3.8, 4) is 0 Å². The minimum atomic E-state index is -1.98. The number of aromatic amines is 1. The van der Waals surface area contributed by atoms with Crippen molar-refractivity contribution >= 4 is 31.3 Å². The van der Waals surface area contributed by atoms with E-state index in [4.69, 9.17) is 9.16 Å². The zero-order valence-corrected chi connectivity index (χ0v) is 20.2. The van der Waals surface area contributed by atoms with Crippen LogP contribution in [-0.2, 0) is 14.0 Å². The van der Waals surface area contributed by atoms with Crippen LogP contribution in [0.3, 0.4) is 0 Å². The highest BCUT2D eigenvalue weighted by molar-refractivity contribution is 6.74. The van der Waals surface area contributed by atoms with E-state index in [-0.39, 0.29) is 34.0 Å². The molecule has 3 unspecified atom stereocenters. The van der Waals surface area contributed by atoms with Gasteiger partial charge in [-0.25, -0.2) is 4.98 Å². The van der Waals surface area contributed by atoms with Crippen LogP contribution < -0.4 is 10.9 Å². The lowest BCUT2D eigenvalue weighted by molar-refractivity contribution is -0.118. The molecule has 1 amide bonds. The number of aliphatic hydroxyl groups is 1. The normalized spacial score (nSPS) is 22.4. The lowest BCUT2D eigenvalue weighted by atomic mass is 10.2. The number of carbonyl (C=O) groups is 1. The number of hydrogen-bond acceptors (Lipinski definition) is 7. The van der Waals surface area contributed by atoms with E-state index in [9.17, 15) is 14.7 Å². The maximum Gasteiger partial charge on any atom is 0.280 e. The number of carbonyl (C=O) groups excluding carboxylic acids is 1. The van der Waals surface area contributed by atoms with Crippen molar-refractivity contribution in [1.29, 1.82) is 0 Å². The highest BCUT2D eigenvalue weighted by atomic mass is 28.4. The third kappa shape index (κ3) is 4.89. The Morgan fingerprint density at radius 1 is 1.45 bits per heavy atom. The molecule has 0 aliphatic carbocycles. The first kappa shape index (κ1) is 23.6. The number of ether oxygens (including phenoxy) is 1. The van der Waals surface area contributed by atoms with Gasteiger partial charge in [-0.1, -0.05) is 34.6 Å². The molecule has 11 heteroatoms. The fraction of sp³-hybridized carbons (Fsp3) is 0.700. The van der Waals surface area contributed by atoms with E-state index < -0.39 is 32.3 Å². The molecule has 10 nitrogen and oxygen atoms in total. The van der Waals surface area contributed by atoms with E-state index in [0.29, 0.717) is 13.0 Å². The van der Waals surface area contributed by atoms with Crippen molar-refractivity contribution in [2.45, 2.75) is 77.6 Å². The largest absolute Gasteiger partial charge is 0.414 e. The van der Waals surface area contributed by atoms with Gasteiger partial charge in [-0.05, 0) is 18.1 Å². The van der Waals surface area contributed by atoms with Gasteiger partial charge < -0.3 is 14.3 Å². The maximum absolute atomic E-state index is 12.4. The molecule has 172 valence electrons. The first-order valence-corrected chi connectivity index (χ1v) is 13.5.